The summed E-state index contributed by atoms with van der Waals surface area (Å²) in [4.78, 5) is 7.14. The van der Waals surface area contributed by atoms with Gasteiger partial charge >= 0.3 is 0 Å². The molecule has 0 bridgehead atoms. The first-order chi connectivity index (χ1) is 19.7. The van der Waals surface area contributed by atoms with Crippen molar-refractivity contribution in [3.05, 3.63) is 96.6 Å². The lowest BCUT2D eigenvalue weighted by Gasteiger charge is -2.15. The smallest absolute Gasteiger partial charge is 0.247 e. The lowest BCUT2D eigenvalue weighted by Crippen LogP contribution is -2.25. The molecule has 6 rings (SSSR count). The van der Waals surface area contributed by atoms with Crippen LogP contribution in [0.15, 0.2) is 91.0 Å². The summed E-state index contributed by atoms with van der Waals surface area (Å²) >= 11 is 0. The number of likely N-dealkylation sites (tertiary alicyclic amines) is 1. The van der Waals surface area contributed by atoms with Crippen LogP contribution in [0.4, 0.5) is 17.3 Å². The molecule has 40 heavy (non-hydrogen) atoms. The molecule has 204 valence electrons. The summed E-state index contributed by atoms with van der Waals surface area (Å²) in [6.07, 6.45) is 2.60. The van der Waals surface area contributed by atoms with Crippen LogP contribution in [-0.2, 0) is 6.54 Å². The van der Waals surface area contributed by atoms with Crippen LogP contribution in [0.1, 0.15) is 18.4 Å². The van der Waals surface area contributed by atoms with Gasteiger partial charge in [-0.25, -0.2) is 4.52 Å². The lowest BCUT2D eigenvalue weighted by atomic mass is 10.1. The number of anilines is 3. The SMILES string of the molecule is COc1ccc(CNc2ccc(-c3cccc4nc(Nc5ccc(OCCN6CCCC6)cc5)nn34)cc2)cc1. The number of benzene rings is 3. The Morgan fingerprint density at radius 1 is 0.800 bits per heavy atom. The molecule has 0 unspecified atom stereocenters. The molecule has 1 saturated heterocycles. The summed E-state index contributed by atoms with van der Waals surface area (Å²) in [5.74, 6) is 2.28. The third kappa shape index (κ3) is 6.18. The molecule has 5 aromatic rings. The standard InChI is InChI=1S/C32H34N6O2/c1-39-28-15-7-24(8-16-28)23-33-26-11-9-25(10-12-26)30-5-4-6-31-35-32(36-38(30)31)34-27-13-17-29(18-14-27)40-22-21-37-19-2-3-20-37/h4-18,33H,2-3,19-23H2,1H3,(H,34,36). The van der Waals surface area contributed by atoms with Gasteiger partial charge in [0, 0.05) is 30.0 Å². The highest BCUT2D eigenvalue weighted by Crippen LogP contribution is 2.25. The number of methoxy groups -OCH3 is 1. The van der Waals surface area contributed by atoms with Crippen molar-refractivity contribution >= 4 is 23.0 Å². The van der Waals surface area contributed by atoms with E-state index in [1.807, 2.05) is 53.0 Å². The number of nitrogens with zero attached hydrogens (tertiary/aromatic N) is 4. The summed E-state index contributed by atoms with van der Waals surface area (Å²) in [6.45, 7) is 4.81. The fourth-order valence-corrected chi connectivity index (χ4v) is 4.95. The number of hydrogen-bond acceptors (Lipinski definition) is 7. The van der Waals surface area contributed by atoms with Crippen molar-refractivity contribution < 1.29 is 9.47 Å². The van der Waals surface area contributed by atoms with Gasteiger partial charge in [-0.05, 0) is 92.2 Å². The Bertz CT molecular complexity index is 1530. The van der Waals surface area contributed by atoms with E-state index in [-0.39, 0.29) is 0 Å². The molecule has 0 spiro atoms. The normalized spacial score (nSPS) is 13.4. The molecule has 0 radical (unpaired) electrons. The maximum Gasteiger partial charge on any atom is 0.247 e. The van der Waals surface area contributed by atoms with Gasteiger partial charge in [0.2, 0.25) is 5.95 Å². The minimum Gasteiger partial charge on any atom is -0.497 e. The van der Waals surface area contributed by atoms with Gasteiger partial charge in [0.15, 0.2) is 5.65 Å². The summed E-state index contributed by atoms with van der Waals surface area (Å²) < 4.78 is 13.0. The number of fused-ring (bicyclic) bond motifs is 1. The Morgan fingerprint density at radius 3 is 2.27 bits per heavy atom. The van der Waals surface area contributed by atoms with E-state index in [0.717, 1.165) is 52.9 Å². The van der Waals surface area contributed by atoms with E-state index < -0.39 is 0 Å². The number of hydrogen-bond donors (Lipinski definition) is 2. The molecular weight excluding hydrogens is 500 g/mol. The van der Waals surface area contributed by atoms with E-state index >= 15 is 0 Å². The Kier molecular flexibility index (Phi) is 7.77. The van der Waals surface area contributed by atoms with Crippen molar-refractivity contribution in [3.63, 3.8) is 0 Å². The molecule has 0 atom stereocenters. The minimum absolute atomic E-state index is 0.549. The van der Waals surface area contributed by atoms with E-state index in [9.17, 15) is 0 Å². The third-order valence-electron chi connectivity index (χ3n) is 7.18. The first-order valence-corrected chi connectivity index (χ1v) is 13.8. The summed E-state index contributed by atoms with van der Waals surface area (Å²) in [5.41, 5.74) is 5.97. The molecule has 2 aromatic heterocycles. The summed E-state index contributed by atoms with van der Waals surface area (Å²) in [5, 5.41) is 11.5. The molecule has 8 nitrogen and oxygen atoms in total. The molecule has 0 saturated carbocycles. The average Bonchev–Trinajstić information content (AvgIpc) is 3.67. The Labute approximate surface area is 234 Å². The summed E-state index contributed by atoms with van der Waals surface area (Å²) in [6, 6.07) is 30.4. The zero-order valence-corrected chi connectivity index (χ0v) is 22.7. The second kappa shape index (κ2) is 12.1. The van der Waals surface area contributed by atoms with Crippen molar-refractivity contribution in [2.24, 2.45) is 0 Å². The van der Waals surface area contributed by atoms with E-state index in [0.29, 0.717) is 12.6 Å². The van der Waals surface area contributed by atoms with Crippen molar-refractivity contribution in [1.82, 2.24) is 19.5 Å². The number of ether oxygens (including phenoxy) is 2. The second-order valence-electron chi connectivity index (χ2n) is 9.94. The van der Waals surface area contributed by atoms with Gasteiger partial charge in [0.25, 0.3) is 0 Å². The lowest BCUT2D eigenvalue weighted by molar-refractivity contribution is 0.238. The fourth-order valence-electron chi connectivity index (χ4n) is 4.95. The van der Waals surface area contributed by atoms with Crippen molar-refractivity contribution in [2.75, 3.05) is 44.0 Å². The zero-order chi connectivity index (χ0) is 27.1. The predicted molar refractivity (Wildman–Crippen MR) is 160 cm³/mol. The molecule has 2 N–H and O–H groups in total. The van der Waals surface area contributed by atoms with Crippen LogP contribution in [0.5, 0.6) is 11.5 Å². The Balaban J connectivity index is 1.08. The van der Waals surface area contributed by atoms with Crippen molar-refractivity contribution in [2.45, 2.75) is 19.4 Å². The van der Waals surface area contributed by atoms with Crippen LogP contribution in [-0.4, -0.2) is 52.8 Å². The quantitative estimate of drug-likeness (QED) is 0.208. The van der Waals surface area contributed by atoms with Gasteiger partial charge in [0.1, 0.15) is 18.1 Å². The van der Waals surface area contributed by atoms with Gasteiger partial charge in [-0.1, -0.05) is 30.3 Å². The Hall–Kier alpha value is -4.56. The number of rotatable bonds is 11. The first-order valence-electron chi connectivity index (χ1n) is 13.8. The first kappa shape index (κ1) is 25.7. The van der Waals surface area contributed by atoms with Crippen LogP contribution in [0.3, 0.4) is 0 Å². The maximum absolute atomic E-state index is 5.93. The van der Waals surface area contributed by atoms with Crippen LogP contribution in [0, 0.1) is 0 Å². The largest absolute Gasteiger partial charge is 0.497 e. The van der Waals surface area contributed by atoms with Gasteiger partial charge < -0.3 is 20.1 Å². The van der Waals surface area contributed by atoms with E-state index in [1.165, 1.54) is 31.5 Å². The van der Waals surface area contributed by atoms with Crippen molar-refractivity contribution in [3.8, 4) is 22.8 Å². The Morgan fingerprint density at radius 2 is 1.52 bits per heavy atom. The average molecular weight is 535 g/mol. The maximum atomic E-state index is 5.93. The number of aromatic nitrogens is 3. The van der Waals surface area contributed by atoms with Gasteiger partial charge in [-0.15, -0.1) is 5.10 Å². The molecule has 3 heterocycles. The van der Waals surface area contributed by atoms with E-state index in [4.69, 9.17) is 14.6 Å². The van der Waals surface area contributed by atoms with Gasteiger partial charge in [0.05, 0.1) is 12.8 Å². The van der Waals surface area contributed by atoms with Crippen LogP contribution in [0.2, 0.25) is 0 Å². The topological polar surface area (TPSA) is 75.9 Å². The highest BCUT2D eigenvalue weighted by molar-refractivity contribution is 5.67. The molecule has 8 heteroatoms. The molecule has 0 aliphatic carbocycles. The number of pyridine rings is 1. The van der Waals surface area contributed by atoms with E-state index in [2.05, 4.69) is 63.0 Å². The third-order valence-corrected chi connectivity index (χ3v) is 7.18. The predicted octanol–water partition coefficient (Wildman–Crippen LogP) is 6.24. The second-order valence-corrected chi connectivity index (χ2v) is 9.94. The van der Waals surface area contributed by atoms with Gasteiger partial charge in [-0.2, -0.15) is 4.98 Å². The van der Waals surface area contributed by atoms with Gasteiger partial charge in [-0.3, -0.25) is 4.90 Å². The van der Waals surface area contributed by atoms with E-state index in [1.54, 1.807) is 7.11 Å². The highest BCUT2D eigenvalue weighted by Gasteiger charge is 2.12. The van der Waals surface area contributed by atoms with Crippen LogP contribution in [0.25, 0.3) is 16.9 Å². The molecule has 1 aliphatic heterocycles. The minimum atomic E-state index is 0.549. The zero-order valence-electron chi connectivity index (χ0n) is 22.7. The fraction of sp³-hybridized carbons (Fsp3) is 0.250. The molecule has 3 aromatic carbocycles. The number of nitrogens with one attached hydrogen (secondary N) is 2. The highest BCUT2D eigenvalue weighted by atomic mass is 16.5. The molecule has 1 aliphatic rings. The molecular formula is C32H34N6O2. The van der Waals surface area contributed by atoms with Crippen LogP contribution < -0.4 is 20.1 Å². The van der Waals surface area contributed by atoms with Crippen molar-refractivity contribution in [1.29, 1.82) is 0 Å². The molecule has 0 amide bonds. The summed E-state index contributed by atoms with van der Waals surface area (Å²) in [7, 11) is 1.68. The monoisotopic (exact) mass is 534 g/mol. The van der Waals surface area contributed by atoms with Crippen LogP contribution >= 0.6 is 0 Å². The molecule has 1 fully saturated rings.